The Morgan fingerprint density at radius 2 is 1.72 bits per heavy atom. The molecular weight excluding hydrogens is 420 g/mol. The number of aromatic hydroxyl groups is 1. The number of Topliss-reactive ketones (excluding diaryl/α,β-unsaturated/α-hetero) is 3. The van der Waals surface area contributed by atoms with Crippen LogP contribution in [0.2, 0.25) is 0 Å². The first-order chi connectivity index (χ1) is 15.1. The minimum atomic E-state index is -1.20. The van der Waals surface area contributed by atoms with Gasteiger partial charge in [-0.1, -0.05) is 0 Å². The second-order valence-corrected chi connectivity index (χ2v) is 9.06. The van der Waals surface area contributed by atoms with Crippen LogP contribution in [0.15, 0.2) is 11.6 Å². The molecule has 170 valence electrons. The molecule has 0 amide bonds. The number of carbonyl (C=O) groups is 3. The van der Waals surface area contributed by atoms with Gasteiger partial charge in [0.05, 0.1) is 41.7 Å². The lowest BCUT2D eigenvalue weighted by Crippen LogP contribution is -2.49. The summed E-state index contributed by atoms with van der Waals surface area (Å²) >= 11 is 0. The van der Waals surface area contributed by atoms with E-state index in [4.69, 9.17) is 9.47 Å². The number of benzene rings is 1. The van der Waals surface area contributed by atoms with Gasteiger partial charge in [-0.25, -0.2) is 0 Å². The first-order valence-corrected chi connectivity index (χ1v) is 10.7. The topological polar surface area (TPSA) is 151 Å². The molecule has 7 unspecified atom stereocenters. The maximum Gasteiger partial charge on any atom is 0.237 e. The van der Waals surface area contributed by atoms with Crippen LogP contribution < -0.4 is 0 Å². The molecule has 4 aliphatic rings. The maximum atomic E-state index is 13.0. The van der Waals surface area contributed by atoms with Crippen LogP contribution in [0.5, 0.6) is 5.75 Å². The number of phenolic OH excluding ortho intramolecular Hbond substituents is 1. The summed E-state index contributed by atoms with van der Waals surface area (Å²) in [5.41, 5.74) is 0.330. The molecule has 1 saturated carbocycles. The number of phenols is 1. The predicted octanol–water partition coefficient (Wildman–Crippen LogP) is 1.23. The van der Waals surface area contributed by atoms with Crippen molar-refractivity contribution in [2.24, 2.45) is 0 Å². The molecule has 9 heteroatoms. The highest BCUT2D eigenvalue weighted by atomic mass is 16.5. The molecule has 0 bridgehead atoms. The Kier molecular flexibility index (Phi) is 4.79. The fourth-order valence-corrected chi connectivity index (χ4v) is 5.50. The third-order valence-electron chi connectivity index (χ3n) is 7.10. The molecule has 0 aromatic heterocycles. The maximum absolute atomic E-state index is 13.0. The smallest absolute Gasteiger partial charge is 0.237 e. The second-order valence-electron chi connectivity index (χ2n) is 9.06. The number of hydrogen-bond donors (Lipinski definition) is 4. The largest absolute Gasteiger partial charge is 0.507 e. The Morgan fingerprint density at radius 1 is 1.00 bits per heavy atom. The number of aliphatic hydroxyl groups is 3. The van der Waals surface area contributed by atoms with Crippen LogP contribution >= 0.6 is 0 Å². The molecule has 1 saturated heterocycles. The van der Waals surface area contributed by atoms with Crippen LogP contribution in [-0.2, 0) is 19.1 Å². The quantitative estimate of drug-likeness (QED) is 0.469. The third kappa shape index (κ3) is 2.88. The van der Waals surface area contributed by atoms with E-state index in [0.717, 1.165) is 0 Å². The van der Waals surface area contributed by atoms with E-state index in [0.29, 0.717) is 11.1 Å². The van der Waals surface area contributed by atoms with Crippen molar-refractivity contribution < 1.29 is 44.3 Å². The Hall–Kier alpha value is -2.59. The molecule has 2 heterocycles. The van der Waals surface area contributed by atoms with E-state index in [1.54, 1.807) is 13.0 Å². The standard InChI is InChI=1S/C23H24O9/c1-7-16-11(10-3-9(24)4-14(10)31-7)5-12-17(21(16)28)22(29)23(30)18(20(12)27)15-6-13(25)19(26)8(2)32-15/h5,7-8,10,13-15,19,25-28H,3-4,6H2,1-2H3. The molecule has 4 N–H and O–H groups in total. The van der Waals surface area contributed by atoms with Gasteiger partial charge in [0.15, 0.2) is 0 Å². The molecule has 9 nitrogen and oxygen atoms in total. The summed E-state index contributed by atoms with van der Waals surface area (Å²) in [4.78, 5) is 38.0. The van der Waals surface area contributed by atoms with Crippen molar-refractivity contribution in [1.82, 2.24) is 0 Å². The summed E-state index contributed by atoms with van der Waals surface area (Å²) in [5.74, 6) is -3.27. The highest BCUT2D eigenvalue weighted by molar-refractivity contribution is 6.53. The summed E-state index contributed by atoms with van der Waals surface area (Å²) < 4.78 is 11.5. The van der Waals surface area contributed by atoms with Crippen molar-refractivity contribution in [3.63, 3.8) is 0 Å². The van der Waals surface area contributed by atoms with Gasteiger partial charge in [0.1, 0.15) is 23.4 Å². The van der Waals surface area contributed by atoms with Crippen LogP contribution in [0.3, 0.4) is 0 Å². The lowest BCUT2D eigenvalue weighted by Gasteiger charge is -2.38. The highest BCUT2D eigenvalue weighted by Gasteiger charge is 2.48. The fraction of sp³-hybridized carbons (Fsp3) is 0.522. The van der Waals surface area contributed by atoms with E-state index in [2.05, 4.69) is 0 Å². The molecule has 0 spiro atoms. The Bertz CT molecular complexity index is 1080. The zero-order valence-corrected chi connectivity index (χ0v) is 17.6. The SMILES string of the molecule is CC1OC2CC(=O)CC2c2cc3c(c(O)c21)C(=O)C(=O)C(C1CC(O)C(O)C(C)O1)=C3O. The van der Waals surface area contributed by atoms with Gasteiger partial charge < -0.3 is 29.9 Å². The van der Waals surface area contributed by atoms with Crippen LogP contribution in [-0.4, -0.2) is 68.3 Å². The van der Waals surface area contributed by atoms with Gasteiger partial charge in [-0.15, -0.1) is 0 Å². The van der Waals surface area contributed by atoms with Gasteiger partial charge in [-0.2, -0.15) is 0 Å². The molecule has 2 aliphatic carbocycles. The van der Waals surface area contributed by atoms with Crippen molar-refractivity contribution in [2.75, 3.05) is 0 Å². The number of fused-ring (bicyclic) bond motifs is 4. The number of rotatable bonds is 1. The zero-order chi connectivity index (χ0) is 23.1. The molecule has 32 heavy (non-hydrogen) atoms. The molecule has 1 aromatic rings. The average Bonchev–Trinajstić information content (AvgIpc) is 3.10. The van der Waals surface area contributed by atoms with Crippen molar-refractivity contribution in [2.45, 2.75) is 75.7 Å². The summed E-state index contributed by atoms with van der Waals surface area (Å²) in [5, 5.41) is 42.1. The fourth-order valence-electron chi connectivity index (χ4n) is 5.50. The normalized spacial score (nSPS) is 36.8. The number of aliphatic hydroxyl groups excluding tert-OH is 3. The number of carbonyl (C=O) groups excluding carboxylic acids is 3. The molecule has 2 fully saturated rings. The van der Waals surface area contributed by atoms with Crippen LogP contribution in [0.4, 0.5) is 0 Å². The summed E-state index contributed by atoms with van der Waals surface area (Å²) in [6.45, 7) is 3.21. The average molecular weight is 444 g/mol. The first kappa shape index (κ1) is 21.3. The Morgan fingerprint density at radius 3 is 2.41 bits per heavy atom. The molecule has 2 aliphatic heterocycles. The number of ketones is 3. The molecule has 5 rings (SSSR count). The van der Waals surface area contributed by atoms with E-state index >= 15 is 0 Å². The Balaban J connectivity index is 1.67. The van der Waals surface area contributed by atoms with Crippen molar-refractivity contribution in [3.05, 3.63) is 33.9 Å². The minimum absolute atomic E-state index is 0.00934. The third-order valence-corrected chi connectivity index (χ3v) is 7.10. The summed E-state index contributed by atoms with van der Waals surface area (Å²) in [6, 6.07) is 1.55. The number of ether oxygens (including phenoxy) is 2. The van der Waals surface area contributed by atoms with Crippen LogP contribution in [0.1, 0.15) is 72.2 Å². The predicted molar refractivity (Wildman–Crippen MR) is 108 cm³/mol. The molecule has 7 atom stereocenters. The van der Waals surface area contributed by atoms with E-state index in [1.807, 2.05) is 0 Å². The van der Waals surface area contributed by atoms with Crippen molar-refractivity contribution in [3.8, 4) is 5.75 Å². The summed E-state index contributed by atoms with van der Waals surface area (Å²) in [7, 11) is 0. The van der Waals surface area contributed by atoms with E-state index in [1.165, 1.54) is 6.92 Å². The molecule has 1 aromatic carbocycles. The van der Waals surface area contributed by atoms with Gasteiger partial charge in [-0.3, -0.25) is 14.4 Å². The lowest BCUT2D eigenvalue weighted by atomic mass is 9.77. The van der Waals surface area contributed by atoms with Gasteiger partial charge in [0, 0.05) is 36.3 Å². The van der Waals surface area contributed by atoms with Gasteiger partial charge in [0.2, 0.25) is 11.6 Å². The number of hydrogen-bond acceptors (Lipinski definition) is 9. The van der Waals surface area contributed by atoms with Crippen LogP contribution in [0.25, 0.3) is 5.76 Å². The van der Waals surface area contributed by atoms with E-state index in [9.17, 15) is 34.8 Å². The van der Waals surface area contributed by atoms with Crippen molar-refractivity contribution >= 4 is 23.1 Å². The minimum Gasteiger partial charge on any atom is -0.507 e. The zero-order valence-electron chi connectivity index (χ0n) is 17.6. The van der Waals surface area contributed by atoms with E-state index in [-0.39, 0.29) is 53.8 Å². The van der Waals surface area contributed by atoms with Gasteiger partial charge in [-0.05, 0) is 25.5 Å². The lowest BCUT2D eigenvalue weighted by molar-refractivity contribution is -0.153. The Labute approximate surface area is 183 Å². The molecular formula is C23H24O9. The highest BCUT2D eigenvalue weighted by Crippen LogP contribution is 2.51. The summed E-state index contributed by atoms with van der Waals surface area (Å²) in [6.07, 6.45) is -4.95. The van der Waals surface area contributed by atoms with Gasteiger partial charge in [0.25, 0.3) is 0 Å². The van der Waals surface area contributed by atoms with E-state index < -0.39 is 53.6 Å². The second kappa shape index (κ2) is 7.21. The van der Waals surface area contributed by atoms with Gasteiger partial charge >= 0.3 is 0 Å². The molecule has 0 radical (unpaired) electrons. The monoisotopic (exact) mass is 444 g/mol. The first-order valence-electron chi connectivity index (χ1n) is 10.7. The van der Waals surface area contributed by atoms with Crippen molar-refractivity contribution in [1.29, 1.82) is 0 Å². The van der Waals surface area contributed by atoms with Crippen LogP contribution in [0, 0.1) is 0 Å².